The highest BCUT2D eigenvalue weighted by atomic mass is 19.4. The van der Waals surface area contributed by atoms with E-state index in [1.807, 2.05) is 6.92 Å². The first-order valence-corrected chi connectivity index (χ1v) is 8.33. The summed E-state index contributed by atoms with van der Waals surface area (Å²) in [5.41, 5.74) is -1.48. The number of carbonyl (C=O) groups excluding carboxylic acids is 1. The molecular formula is C16H24F3N3O2. The summed E-state index contributed by atoms with van der Waals surface area (Å²) in [5, 5.41) is 6.12. The molecule has 1 amide bonds. The van der Waals surface area contributed by atoms with Gasteiger partial charge in [0.25, 0.3) is 5.91 Å². The minimum atomic E-state index is -4.60. The third kappa shape index (κ3) is 4.49. The van der Waals surface area contributed by atoms with Gasteiger partial charge in [0.05, 0.1) is 12.3 Å². The minimum Gasteiger partial charge on any atom is -0.378 e. The lowest BCUT2D eigenvalue weighted by Gasteiger charge is -2.23. The molecule has 0 saturated heterocycles. The molecule has 1 fully saturated rings. The normalized spacial score (nSPS) is 17.2. The summed E-state index contributed by atoms with van der Waals surface area (Å²) in [6.07, 6.45) is 1.32. The predicted molar refractivity (Wildman–Crippen MR) is 82.5 cm³/mol. The number of halogens is 3. The van der Waals surface area contributed by atoms with Crippen LogP contribution in [-0.4, -0.2) is 34.9 Å². The van der Waals surface area contributed by atoms with Crippen molar-refractivity contribution in [2.45, 2.75) is 51.3 Å². The number of carbonyl (C=O) groups is 1. The molecule has 8 heteroatoms. The second-order valence-electron chi connectivity index (χ2n) is 6.11. The molecule has 0 aliphatic heterocycles. The van der Waals surface area contributed by atoms with Crippen molar-refractivity contribution in [2.24, 2.45) is 13.0 Å². The number of amides is 1. The molecule has 1 aliphatic rings. The van der Waals surface area contributed by atoms with Crippen LogP contribution < -0.4 is 5.32 Å². The van der Waals surface area contributed by atoms with E-state index in [9.17, 15) is 18.0 Å². The third-order valence-electron chi connectivity index (χ3n) is 4.48. The Labute approximate surface area is 139 Å². The van der Waals surface area contributed by atoms with E-state index in [2.05, 4.69) is 10.4 Å². The first kappa shape index (κ1) is 18.8. The van der Waals surface area contributed by atoms with Crippen molar-refractivity contribution in [3.63, 3.8) is 0 Å². The monoisotopic (exact) mass is 347 g/mol. The van der Waals surface area contributed by atoms with Gasteiger partial charge in [-0.1, -0.05) is 12.8 Å². The van der Waals surface area contributed by atoms with Gasteiger partial charge in [-0.25, -0.2) is 0 Å². The lowest BCUT2D eigenvalue weighted by Crippen LogP contribution is -2.33. The quantitative estimate of drug-likeness (QED) is 0.824. The van der Waals surface area contributed by atoms with Gasteiger partial charge in [-0.05, 0) is 32.1 Å². The topological polar surface area (TPSA) is 56.1 Å². The molecule has 5 nitrogen and oxygen atoms in total. The molecule has 1 aromatic rings. The third-order valence-corrected chi connectivity index (χ3v) is 4.48. The zero-order chi connectivity index (χ0) is 17.7. The van der Waals surface area contributed by atoms with Crippen molar-refractivity contribution in [3.05, 3.63) is 17.5 Å². The van der Waals surface area contributed by atoms with Crippen LogP contribution in [0, 0.1) is 5.92 Å². The van der Waals surface area contributed by atoms with Crippen LogP contribution in [0.5, 0.6) is 0 Å². The molecule has 1 atom stereocenters. The highest BCUT2D eigenvalue weighted by Gasteiger charge is 2.38. The molecular weight excluding hydrogens is 323 g/mol. The van der Waals surface area contributed by atoms with E-state index in [0.717, 1.165) is 17.5 Å². The fourth-order valence-corrected chi connectivity index (χ4v) is 3.32. The van der Waals surface area contributed by atoms with Crippen LogP contribution in [-0.2, 0) is 18.0 Å². The maximum atomic E-state index is 12.9. The van der Waals surface area contributed by atoms with Crippen molar-refractivity contribution >= 4 is 5.91 Å². The van der Waals surface area contributed by atoms with Gasteiger partial charge in [0.2, 0.25) is 0 Å². The first-order valence-electron chi connectivity index (χ1n) is 8.33. The van der Waals surface area contributed by atoms with E-state index in [0.29, 0.717) is 25.1 Å². The summed E-state index contributed by atoms with van der Waals surface area (Å²) in [5.74, 6) is -0.284. The van der Waals surface area contributed by atoms with Crippen molar-refractivity contribution in [3.8, 4) is 0 Å². The second kappa shape index (κ2) is 8.00. The number of hydrogen-bond donors (Lipinski definition) is 1. The number of nitrogens with zero attached hydrogens (tertiary/aromatic N) is 2. The number of ether oxygens (including phenoxy) is 1. The Hall–Kier alpha value is -1.57. The molecule has 0 bridgehead atoms. The Morgan fingerprint density at radius 2 is 2.12 bits per heavy atom. The molecule has 0 aromatic carbocycles. The summed E-state index contributed by atoms with van der Waals surface area (Å²) >= 11 is 0. The summed E-state index contributed by atoms with van der Waals surface area (Å²) in [6.45, 7) is 2.79. The van der Waals surface area contributed by atoms with Crippen LogP contribution in [0.15, 0.2) is 6.20 Å². The van der Waals surface area contributed by atoms with Crippen LogP contribution >= 0.6 is 0 Å². The van der Waals surface area contributed by atoms with E-state index in [4.69, 9.17) is 4.74 Å². The Bertz CT molecular complexity index is 551. The van der Waals surface area contributed by atoms with Gasteiger partial charge in [0.1, 0.15) is 11.3 Å². The van der Waals surface area contributed by atoms with E-state index < -0.39 is 23.3 Å². The van der Waals surface area contributed by atoms with Crippen LogP contribution in [0.1, 0.15) is 55.1 Å². The summed E-state index contributed by atoms with van der Waals surface area (Å²) < 4.78 is 45.5. The number of nitrogens with one attached hydrogen (secondary N) is 1. The zero-order valence-corrected chi connectivity index (χ0v) is 14.0. The molecule has 1 aliphatic carbocycles. The van der Waals surface area contributed by atoms with Crippen LogP contribution in [0.25, 0.3) is 0 Å². The zero-order valence-electron chi connectivity index (χ0n) is 14.0. The van der Waals surface area contributed by atoms with Crippen molar-refractivity contribution < 1.29 is 22.7 Å². The van der Waals surface area contributed by atoms with Crippen LogP contribution in [0.3, 0.4) is 0 Å². The predicted octanol–water partition coefficient (Wildman–Crippen LogP) is 3.15. The average molecular weight is 347 g/mol. The van der Waals surface area contributed by atoms with Crippen molar-refractivity contribution in [1.82, 2.24) is 15.1 Å². The fourth-order valence-electron chi connectivity index (χ4n) is 3.32. The SMILES string of the molecule is CCOC(CCNC(=O)c1c(C(F)(F)F)cnn1C)C1CCCC1. The van der Waals surface area contributed by atoms with Crippen molar-refractivity contribution in [1.29, 1.82) is 0 Å². The van der Waals surface area contributed by atoms with Gasteiger partial charge in [0, 0.05) is 20.2 Å². The first-order chi connectivity index (χ1) is 11.3. The standard InChI is InChI=1S/C16H24F3N3O2/c1-3-24-13(11-6-4-5-7-11)8-9-20-15(23)14-12(16(17,18)19)10-21-22(14)2/h10-11,13H,3-9H2,1-2H3,(H,20,23). The highest BCUT2D eigenvalue weighted by Crippen LogP contribution is 2.32. The van der Waals surface area contributed by atoms with E-state index >= 15 is 0 Å². The lowest BCUT2D eigenvalue weighted by atomic mass is 9.98. The van der Waals surface area contributed by atoms with E-state index in [1.54, 1.807) is 0 Å². The van der Waals surface area contributed by atoms with Crippen molar-refractivity contribution in [2.75, 3.05) is 13.2 Å². The summed E-state index contributed by atoms with van der Waals surface area (Å²) in [6, 6.07) is 0. The smallest absolute Gasteiger partial charge is 0.378 e. The lowest BCUT2D eigenvalue weighted by molar-refractivity contribution is -0.138. The van der Waals surface area contributed by atoms with Gasteiger partial charge in [0.15, 0.2) is 0 Å². The number of aryl methyl sites for hydroxylation is 1. The molecule has 1 aromatic heterocycles. The molecule has 1 N–H and O–H groups in total. The van der Waals surface area contributed by atoms with Gasteiger partial charge >= 0.3 is 6.18 Å². The van der Waals surface area contributed by atoms with E-state index in [1.165, 1.54) is 19.9 Å². The molecule has 1 heterocycles. The van der Waals surface area contributed by atoms with Crippen LogP contribution in [0.4, 0.5) is 13.2 Å². The number of hydrogen-bond acceptors (Lipinski definition) is 3. The summed E-state index contributed by atoms with van der Waals surface area (Å²) in [7, 11) is 1.33. The number of alkyl halides is 3. The average Bonchev–Trinajstić information content (AvgIpc) is 3.14. The fraction of sp³-hybridized carbons (Fsp3) is 0.750. The highest BCUT2D eigenvalue weighted by molar-refractivity contribution is 5.94. The molecule has 1 saturated carbocycles. The molecule has 1 unspecified atom stereocenters. The Morgan fingerprint density at radius 1 is 1.46 bits per heavy atom. The molecule has 0 radical (unpaired) electrons. The molecule has 2 rings (SSSR count). The van der Waals surface area contributed by atoms with Gasteiger partial charge in [-0.3, -0.25) is 9.48 Å². The Kier molecular flexibility index (Phi) is 6.26. The molecule has 0 spiro atoms. The van der Waals surface area contributed by atoms with E-state index in [-0.39, 0.29) is 12.6 Å². The largest absolute Gasteiger partial charge is 0.420 e. The Morgan fingerprint density at radius 3 is 2.71 bits per heavy atom. The second-order valence-corrected chi connectivity index (χ2v) is 6.11. The maximum Gasteiger partial charge on any atom is 0.420 e. The van der Waals surface area contributed by atoms with Gasteiger partial charge in [-0.2, -0.15) is 18.3 Å². The maximum absolute atomic E-state index is 12.9. The van der Waals surface area contributed by atoms with Gasteiger partial charge < -0.3 is 10.1 Å². The van der Waals surface area contributed by atoms with Crippen LogP contribution in [0.2, 0.25) is 0 Å². The number of aromatic nitrogens is 2. The molecule has 24 heavy (non-hydrogen) atoms. The summed E-state index contributed by atoms with van der Waals surface area (Å²) in [4.78, 5) is 12.1. The van der Waals surface area contributed by atoms with Gasteiger partial charge in [-0.15, -0.1) is 0 Å². The minimum absolute atomic E-state index is 0.0476. The molecule has 136 valence electrons. The Balaban J connectivity index is 1.94. The number of rotatable bonds is 7.